The molecule has 2 aromatic rings. The monoisotopic (exact) mass is 481 g/mol. The number of sulfonamides is 1. The molecule has 0 N–H and O–H groups in total. The van der Waals surface area contributed by atoms with Gasteiger partial charge in [0.25, 0.3) is 0 Å². The molecule has 4 rings (SSSR count). The zero-order chi connectivity index (χ0) is 24.0. The van der Waals surface area contributed by atoms with Crippen LogP contribution in [0, 0.1) is 5.92 Å². The second-order valence-electron chi connectivity index (χ2n) is 9.34. The highest BCUT2D eigenvalue weighted by Gasteiger charge is 2.31. The fourth-order valence-electron chi connectivity index (χ4n) is 4.80. The lowest BCUT2D eigenvalue weighted by Crippen LogP contribution is -2.42. The Kier molecular flexibility index (Phi) is 8.06. The van der Waals surface area contributed by atoms with Crippen molar-refractivity contribution < 1.29 is 13.2 Å². The van der Waals surface area contributed by atoms with E-state index in [1.165, 1.54) is 34.7 Å². The van der Waals surface area contributed by atoms with E-state index in [1.807, 2.05) is 37.4 Å². The van der Waals surface area contributed by atoms with Gasteiger partial charge in [-0.3, -0.25) is 4.79 Å². The first-order chi connectivity index (χ1) is 16.4. The Morgan fingerprint density at radius 1 is 0.941 bits per heavy atom. The van der Waals surface area contributed by atoms with Crippen LogP contribution in [0.1, 0.15) is 43.2 Å². The number of carbonyl (C=O) groups excluding carboxylic acids is 1. The minimum atomic E-state index is -3.49. The van der Waals surface area contributed by atoms with Crippen molar-refractivity contribution in [3.8, 4) is 0 Å². The highest BCUT2D eigenvalue weighted by molar-refractivity contribution is 7.92. The van der Waals surface area contributed by atoms with Crippen molar-refractivity contribution in [2.24, 2.45) is 5.92 Å². The quantitative estimate of drug-likeness (QED) is 0.590. The molecule has 0 bridgehead atoms. The molecular weight excluding hydrogens is 446 g/mol. The van der Waals surface area contributed by atoms with Crippen LogP contribution >= 0.6 is 0 Å². The fraction of sp³-hybridized carbons (Fsp3) is 0.444. The first-order valence-corrected chi connectivity index (χ1v) is 13.7. The fourth-order valence-corrected chi connectivity index (χ4v) is 6.02. The van der Waals surface area contributed by atoms with Gasteiger partial charge in [0.05, 0.1) is 0 Å². The van der Waals surface area contributed by atoms with E-state index in [2.05, 4.69) is 29.2 Å². The van der Waals surface area contributed by atoms with E-state index in [4.69, 9.17) is 0 Å². The molecule has 0 saturated carbocycles. The number of hydrogen-bond donors (Lipinski definition) is 0. The molecule has 2 fully saturated rings. The van der Waals surface area contributed by atoms with Crippen molar-refractivity contribution in [3.05, 3.63) is 71.1 Å². The topological polar surface area (TPSA) is 60.9 Å². The molecule has 2 aliphatic rings. The Hall–Kier alpha value is -2.64. The van der Waals surface area contributed by atoms with Crippen LogP contribution in [0.5, 0.6) is 0 Å². The van der Waals surface area contributed by atoms with E-state index in [1.54, 1.807) is 11.0 Å². The van der Waals surface area contributed by atoms with E-state index in [0.29, 0.717) is 32.5 Å². The predicted molar refractivity (Wildman–Crippen MR) is 138 cm³/mol. The van der Waals surface area contributed by atoms with Gasteiger partial charge in [0, 0.05) is 56.8 Å². The van der Waals surface area contributed by atoms with Crippen molar-refractivity contribution in [1.82, 2.24) is 9.21 Å². The molecule has 2 aromatic carbocycles. The first-order valence-electron chi connectivity index (χ1n) is 12.2. The summed E-state index contributed by atoms with van der Waals surface area (Å²) < 4.78 is 26.9. The van der Waals surface area contributed by atoms with Crippen molar-refractivity contribution >= 4 is 27.7 Å². The Balaban J connectivity index is 1.27. The third kappa shape index (κ3) is 6.27. The van der Waals surface area contributed by atoms with Crippen molar-refractivity contribution in [3.63, 3.8) is 0 Å². The Morgan fingerprint density at radius 2 is 1.59 bits per heavy atom. The number of nitrogens with zero attached hydrogens (tertiary/aromatic N) is 3. The second-order valence-corrected chi connectivity index (χ2v) is 11.2. The Labute approximate surface area is 203 Å². The maximum Gasteiger partial charge on any atom is 0.236 e. The molecule has 0 atom stereocenters. The number of anilines is 1. The summed E-state index contributed by atoms with van der Waals surface area (Å²) in [5.74, 6) is -0.0424. The van der Waals surface area contributed by atoms with Crippen LogP contribution < -0.4 is 4.90 Å². The molecule has 2 aliphatic heterocycles. The van der Waals surface area contributed by atoms with Gasteiger partial charge >= 0.3 is 0 Å². The lowest BCUT2D eigenvalue weighted by Gasteiger charge is -2.32. The molecule has 1 amide bonds. The summed E-state index contributed by atoms with van der Waals surface area (Å²) in [4.78, 5) is 17.2. The first kappa shape index (κ1) is 24.5. The van der Waals surface area contributed by atoms with Crippen LogP contribution in [0.2, 0.25) is 0 Å². The van der Waals surface area contributed by atoms with Crippen molar-refractivity contribution in [1.29, 1.82) is 0 Å². The summed E-state index contributed by atoms with van der Waals surface area (Å²) >= 11 is 0. The molecule has 2 heterocycles. The Morgan fingerprint density at radius 3 is 2.24 bits per heavy atom. The normalized spacial score (nSPS) is 18.3. The van der Waals surface area contributed by atoms with E-state index in [-0.39, 0.29) is 11.8 Å². The summed E-state index contributed by atoms with van der Waals surface area (Å²) in [6.07, 6.45) is 6.55. The van der Waals surface area contributed by atoms with Crippen molar-refractivity contribution in [2.45, 2.75) is 38.6 Å². The van der Waals surface area contributed by atoms with E-state index < -0.39 is 10.0 Å². The minimum Gasteiger partial charge on any atom is -0.372 e. The molecule has 0 spiro atoms. The van der Waals surface area contributed by atoms with Crippen LogP contribution in [0.3, 0.4) is 0 Å². The third-order valence-electron chi connectivity index (χ3n) is 6.85. The summed E-state index contributed by atoms with van der Waals surface area (Å²) in [5, 5.41) is 1.27. The smallest absolute Gasteiger partial charge is 0.236 e. The highest BCUT2D eigenvalue weighted by atomic mass is 32.2. The zero-order valence-corrected chi connectivity index (χ0v) is 20.8. The maximum atomic E-state index is 13.0. The van der Waals surface area contributed by atoms with E-state index >= 15 is 0 Å². The van der Waals surface area contributed by atoms with Crippen molar-refractivity contribution in [2.75, 3.05) is 38.1 Å². The minimum absolute atomic E-state index is 0.0944. The van der Waals surface area contributed by atoms with E-state index in [0.717, 1.165) is 24.2 Å². The third-order valence-corrected chi connectivity index (χ3v) is 8.41. The second kappa shape index (κ2) is 11.2. The number of piperidine rings is 2. The number of benzene rings is 2. The van der Waals surface area contributed by atoms with Gasteiger partial charge < -0.3 is 9.80 Å². The van der Waals surface area contributed by atoms with Crippen LogP contribution in [0.15, 0.2) is 60.0 Å². The van der Waals surface area contributed by atoms with E-state index in [9.17, 15) is 13.2 Å². The maximum absolute atomic E-state index is 13.0. The predicted octanol–water partition coefficient (Wildman–Crippen LogP) is 4.35. The summed E-state index contributed by atoms with van der Waals surface area (Å²) in [7, 11) is -1.65. The molecule has 7 heteroatoms. The summed E-state index contributed by atoms with van der Waals surface area (Å²) in [6, 6.07) is 17.9. The van der Waals surface area contributed by atoms with Crippen LogP contribution in [0.25, 0.3) is 6.08 Å². The van der Waals surface area contributed by atoms with Gasteiger partial charge in [0.2, 0.25) is 15.9 Å². The molecular formula is C27H35N3O3S. The number of rotatable bonds is 7. The molecule has 0 unspecified atom stereocenters. The SMILES string of the molecule is CN(Cc1ccc(N2CCCCC2)cc1)C(=O)C1CCN(S(=O)(=O)/C=C/c2ccccc2)CC1. The van der Waals surface area contributed by atoms with Crippen LogP contribution in [0.4, 0.5) is 5.69 Å². The largest absolute Gasteiger partial charge is 0.372 e. The van der Waals surface area contributed by atoms with Gasteiger partial charge in [-0.1, -0.05) is 42.5 Å². The Bertz CT molecular complexity index is 1070. The van der Waals surface area contributed by atoms with Gasteiger partial charge in [-0.15, -0.1) is 0 Å². The average molecular weight is 482 g/mol. The molecule has 0 radical (unpaired) electrons. The van der Waals surface area contributed by atoms with Crippen LogP contribution in [-0.4, -0.2) is 56.8 Å². The highest BCUT2D eigenvalue weighted by Crippen LogP contribution is 2.24. The van der Waals surface area contributed by atoms with Gasteiger partial charge in [-0.05, 0) is 61.4 Å². The summed E-state index contributed by atoms with van der Waals surface area (Å²) in [6.45, 7) is 3.55. The number of amides is 1. The van der Waals surface area contributed by atoms with Gasteiger partial charge in [-0.2, -0.15) is 4.31 Å². The molecule has 2 saturated heterocycles. The number of hydrogen-bond acceptors (Lipinski definition) is 4. The van der Waals surface area contributed by atoms with Crippen LogP contribution in [-0.2, 0) is 21.4 Å². The molecule has 0 aromatic heterocycles. The molecule has 0 aliphatic carbocycles. The molecule has 6 nitrogen and oxygen atoms in total. The van der Waals surface area contributed by atoms with Gasteiger partial charge in [0.1, 0.15) is 0 Å². The standard InChI is InChI=1S/C27H35N3O3S/c1-28(22-24-10-12-26(13-11-24)29-17-6-3-7-18-29)27(31)25-14-19-30(20-15-25)34(32,33)21-16-23-8-4-2-5-9-23/h2,4-5,8-13,16,21,25H,3,6-7,14-15,17-20,22H2,1H3/b21-16+. The summed E-state index contributed by atoms with van der Waals surface area (Å²) in [5.41, 5.74) is 3.22. The lowest BCUT2D eigenvalue weighted by atomic mass is 9.96. The number of carbonyl (C=O) groups is 1. The van der Waals surface area contributed by atoms with Gasteiger partial charge in [-0.25, -0.2) is 8.42 Å². The zero-order valence-electron chi connectivity index (χ0n) is 20.0. The molecule has 34 heavy (non-hydrogen) atoms. The lowest BCUT2D eigenvalue weighted by molar-refractivity contribution is -0.135. The average Bonchev–Trinajstić information content (AvgIpc) is 2.89. The van der Waals surface area contributed by atoms with Gasteiger partial charge in [0.15, 0.2) is 0 Å². The molecule has 182 valence electrons.